The van der Waals surface area contributed by atoms with E-state index >= 15 is 0 Å². The van der Waals surface area contributed by atoms with E-state index in [1.807, 2.05) is 36.4 Å². The number of rotatable bonds is 2. The first-order valence-electron chi connectivity index (χ1n) is 6.83. The van der Waals surface area contributed by atoms with Gasteiger partial charge < -0.3 is 4.42 Å². The first kappa shape index (κ1) is 11.9. The number of furan rings is 1. The topological polar surface area (TPSA) is 25.5 Å². The van der Waals surface area contributed by atoms with Crippen molar-refractivity contribution >= 4 is 34.3 Å². The van der Waals surface area contributed by atoms with Crippen molar-refractivity contribution in [2.45, 2.75) is 0 Å². The van der Waals surface area contributed by atoms with Crippen LogP contribution < -0.4 is 0 Å². The van der Waals surface area contributed by atoms with Gasteiger partial charge in [-0.25, -0.2) is 0 Å². The zero-order valence-corrected chi connectivity index (χ0v) is 11.4. The highest BCUT2D eigenvalue weighted by molar-refractivity contribution is 6.06. The molecule has 4 aromatic rings. The number of hydrogen-bond donors (Lipinski definition) is 0. The third-order valence-corrected chi connectivity index (χ3v) is 3.76. The highest BCUT2D eigenvalue weighted by atomic mass is 16.3. The zero-order valence-electron chi connectivity index (χ0n) is 11.4. The van der Waals surface area contributed by atoms with Crippen LogP contribution in [0.25, 0.3) is 33.1 Å². The molecule has 0 fully saturated rings. The van der Waals surface area contributed by atoms with E-state index in [-0.39, 0.29) is 0 Å². The van der Waals surface area contributed by atoms with Crippen LogP contribution in [-0.2, 0) is 0 Å². The minimum absolute atomic E-state index is 0.883. The van der Waals surface area contributed by atoms with Gasteiger partial charge in [0.05, 0.1) is 5.69 Å². The summed E-state index contributed by atoms with van der Waals surface area (Å²) in [7, 11) is 0. The fourth-order valence-corrected chi connectivity index (χ4v) is 2.66. The minimum atomic E-state index is 0.883. The maximum Gasteiger partial charge on any atom is 0.135 e. The lowest BCUT2D eigenvalue weighted by atomic mass is 10.0. The summed E-state index contributed by atoms with van der Waals surface area (Å²) in [4.78, 5) is 3.92. The third-order valence-electron chi connectivity index (χ3n) is 3.76. The summed E-state index contributed by atoms with van der Waals surface area (Å²) in [5, 5.41) is 2.30. The Bertz CT molecular complexity index is 948. The molecule has 4 rings (SSSR count). The van der Waals surface area contributed by atoms with E-state index < -0.39 is 0 Å². The highest BCUT2D eigenvalue weighted by Gasteiger charge is 2.07. The van der Waals surface area contributed by atoms with E-state index in [9.17, 15) is 0 Å². The van der Waals surface area contributed by atoms with Crippen LogP contribution in [0.5, 0.6) is 0 Å². The summed E-state index contributed by atoms with van der Waals surface area (Å²) in [6.07, 6.45) is 0. The normalized spacial score (nSPS) is 11.0. The van der Waals surface area contributed by atoms with Crippen LogP contribution >= 0.6 is 0 Å². The standard InChI is InChI=1S/C19H13NO/c1-20-15-9-6-13(7-10-15)14-8-11-19-17(12-14)16-4-2-3-5-18(16)21-19/h2-12H,1H2. The predicted molar refractivity (Wildman–Crippen MR) is 88.4 cm³/mol. The van der Waals surface area contributed by atoms with Gasteiger partial charge in [-0.05, 0) is 48.2 Å². The van der Waals surface area contributed by atoms with Gasteiger partial charge in [-0.2, -0.15) is 0 Å². The van der Waals surface area contributed by atoms with E-state index in [2.05, 4.69) is 42.0 Å². The Balaban J connectivity index is 1.92. The number of aliphatic imine (C=N–C) groups is 1. The smallest absolute Gasteiger partial charge is 0.135 e. The van der Waals surface area contributed by atoms with E-state index in [4.69, 9.17) is 4.42 Å². The van der Waals surface area contributed by atoms with Crippen LogP contribution in [0.4, 0.5) is 5.69 Å². The van der Waals surface area contributed by atoms with Gasteiger partial charge in [0.1, 0.15) is 11.2 Å². The second-order valence-electron chi connectivity index (χ2n) is 5.01. The molecule has 0 unspecified atom stereocenters. The monoisotopic (exact) mass is 271 g/mol. The Hall–Kier alpha value is -2.87. The summed E-state index contributed by atoms with van der Waals surface area (Å²) in [5.41, 5.74) is 5.06. The lowest BCUT2D eigenvalue weighted by Gasteiger charge is -2.02. The van der Waals surface area contributed by atoms with Crippen LogP contribution in [0.3, 0.4) is 0 Å². The number of benzene rings is 3. The van der Waals surface area contributed by atoms with Crippen LogP contribution in [0, 0.1) is 0 Å². The molecule has 2 nitrogen and oxygen atoms in total. The summed E-state index contributed by atoms with van der Waals surface area (Å²) >= 11 is 0. The minimum Gasteiger partial charge on any atom is -0.456 e. The van der Waals surface area contributed by atoms with Crippen molar-refractivity contribution in [3.63, 3.8) is 0 Å². The van der Waals surface area contributed by atoms with Crippen LogP contribution in [-0.4, -0.2) is 6.72 Å². The predicted octanol–water partition coefficient (Wildman–Crippen LogP) is 5.59. The summed E-state index contributed by atoms with van der Waals surface area (Å²) in [6.45, 7) is 3.54. The highest BCUT2D eigenvalue weighted by Crippen LogP contribution is 2.32. The van der Waals surface area contributed by atoms with Crippen molar-refractivity contribution in [3.05, 3.63) is 66.7 Å². The van der Waals surface area contributed by atoms with E-state index in [0.717, 1.165) is 33.2 Å². The molecule has 0 N–H and O–H groups in total. The van der Waals surface area contributed by atoms with Crippen molar-refractivity contribution in [2.24, 2.45) is 4.99 Å². The SMILES string of the molecule is C=Nc1ccc(-c2ccc3oc4ccccc4c3c2)cc1. The molecule has 0 aliphatic heterocycles. The molecule has 1 aromatic heterocycles. The van der Waals surface area contributed by atoms with Gasteiger partial charge >= 0.3 is 0 Å². The average Bonchev–Trinajstić information content (AvgIpc) is 2.93. The van der Waals surface area contributed by atoms with Gasteiger partial charge in [-0.15, -0.1) is 0 Å². The van der Waals surface area contributed by atoms with Crippen molar-refractivity contribution in [1.29, 1.82) is 0 Å². The summed E-state index contributed by atoms with van der Waals surface area (Å²) in [5.74, 6) is 0. The first-order chi connectivity index (χ1) is 10.3. The Kier molecular flexibility index (Phi) is 2.61. The number of para-hydroxylation sites is 1. The van der Waals surface area contributed by atoms with Crippen molar-refractivity contribution in [2.75, 3.05) is 0 Å². The maximum atomic E-state index is 5.86. The molecule has 3 aromatic carbocycles. The fraction of sp³-hybridized carbons (Fsp3) is 0. The van der Waals surface area contributed by atoms with E-state index in [1.165, 1.54) is 5.56 Å². The molecule has 100 valence electrons. The second kappa shape index (κ2) is 4.60. The molecule has 0 bridgehead atoms. The van der Waals surface area contributed by atoms with E-state index in [0.29, 0.717) is 0 Å². The van der Waals surface area contributed by atoms with Crippen LogP contribution in [0.1, 0.15) is 0 Å². The van der Waals surface area contributed by atoms with Crippen molar-refractivity contribution in [3.8, 4) is 11.1 Å². The molecule has 0 aliphatic carbocycles. The van der Waals surface area contributed by atoms with Gasteiger partial charge in [0.15, 0.2) is 0 Å². The van der Waals surface area contributed by atoms with Crippen LogP contribution in [0.15, 0.2) is 76.1 Å². The Morgan fingerprint density at radius 1 is 0.714 bits per heavy atom. The van der Waals surface area contributed by atoms with Crippen molar-refractivity contribution < 1.29 is 4.42 Å². The quantitative estimate of drug-likeness (QED) is 0.436. The van der Waals surface area contributed by atoms with Gasteiger partial charge in [-0.1, -0.05) is 36.4 Å². The summed E-state index contributed by atoms with van der Waals surface area (Å²) in [6, 6.07) is 22.5. The van der Waals surface area contributed by atoms with E-state index in [1.54, 1.807) is 0 Å². The molecule has 0 aliphatic rings. The first-order valence-corrected chi connectivity index (χ1v) is 6.83. The van der Waals surface area contributed by atoms with Crippen LogP contribution in [0.2, 0.25) is 0 Å². The third kappa shape index (κ3) is 1.93. The van der Waals surface area contributed by atoms with Gasteiger partial charge in [0.2, 0.25) is 0 Å². The lowest BCUT2D eigenvalue weighted by molar-refractivity contribution is 0.669. The molecule has 0 atom stereocenters. The molecule has 0 radical (unpaired) electrons. The second-order valence-corrected chi connectivity index (χ2v) is 5.01. The Morgan fingerprint density at radius 3 is 2.24 bits per heavy atom. The van der Waals surface area contributed by atoms with Gasteiger partial charge in [-0.3, -0.25) is 4.99 Å². The fourth-order valence-electron chi connectivity index (χ4n) is 2.66. The Labute approximate surface area is 122 Å². The molecule has 0 saturated heterocycles. The number of hydrogen-bond acceptors (Lipinski definition) is 2. The van der Waals surface area contributed by atoms with Gasteiger partial charge in [0, 0.05) is 10.8 Å². The molecular formula is C19H13NO. The molecule has 21 heavy (non-hydrogen) atoms. The van der Waals surface area contributed by atoms with Gasteiger partial charge in [0.25, 0.3) is 0 Å². The largest absolute Gasteiger partial charge is 0.456 e. The lowest BCUT2D eigenvalue weighted by Crippen LogP contribution is -1.77. The van der Waals surface area contributed by atoms with Crippen molar-refractivity contribution in [1.82, 2.24) is 0 Å². The molecule has 0 amide bonds. The molecule has 1 heterocycles. The number of nitrogens with zero attached hydrogens (tertiary/aromatic N) is 1. The number of fused-ring (bicyclic) bond motifs is 3. The average molecular weight is 271 g/mol. The summed E-state index contributed by atoms with van der Waals surface area (Å²) < 4.78 is 5.86. The molecule has 2 heteroatoms. The maximum absolute atomic E-state index is 5.86. The molecular weight excluding hydrogens is 258 g/mol. The molecule has 0 spiro atoms. The molecule has 0 saturated carbocycles. The Morgan fingerprint density at radius 2 is 1.43 bits per heavy atom. The zero-order chi connectivity index (χ0) is 14.2.